The normalized spacial score (nSPS) is 10.9. The molecule has 2 aromatic carbocycles. The number of halogens is 1. The smallest absolute Gasteiger partial charge is 0.339 e. The fourth-order valence-corrected chi connectivity index (χ4v) is 4.22. The highest BCUT2D eigenvalue weighted by atomic mass is 79.9. The van der Waals surface area contributed by atoms with E-state index in [0.717, 1.165) is 6.07 Å². The maximum atomic E-state index is 12.8. The predicted octanol–water partition coefficient (Wildman–Crippen LogP) is 4.01. The number of nitro groups is 1. The fourth-order valence-electron chi connectivity index (χ4n) is 2.30. The Morgan fingerprint density at radius 3 is 2.48 bits per heavy atom. The minimum Gasteiger partial charge on any atom is -0.490 e. The second-order valence-corrected chi connectivity index (χ2v) is 7.88. The number of nitriles is 1. The molecule has 0 aromatic heterocycles. The van der Waals surface area contributed by atoms with Crippen LogP contribution in [-0.4, -0.2) is 19.9 Å². The van der Waals surface area contributed by atoms with Crippen molar-refractivity contribution in [1.29, 1.82) is 5.26 Å². The van der Waals surface area contributed by atoms with Gasteiger partial charge in [0.2, 0.25) is 0 Å². The van der Waals surface area contributed by atoms with Gasteiger partial charge in [0, 0.05) is 18.2 Å². The molecular weight excluding hydrogens is 440 g/mol. The molecule has 2 rings (SSSR count). The molecule has 0 N–H and O–H groups in total. The molecule has 0 atom stereocenters. The quantitative estimate of drug-likeness (QED) is 0.367. The van der Waals surface area contributed by atoms with Crippen LogP contribution in [-0.2, 0) is 10.1 Å². The van der Waals surface area contributed by atoms with E-state index in [0.29, 0.717) is 11.1 Å². The first-order chi connectivity index (χ1) is 12.6. The molecule has 0 aliphatic rings. The highest BCUT2D eigenvalue weighted by molar-refractivity contribution is 9.10. The molecule has 0 saturated carbocycles. The fraction of sp³-hybridized carbons (Fsp3) is 0.235. The second-order valence-electron chi connectivity index (χ2n) is 5.51. The van der Waals surface area contributed by atoms with E-state index in [-0.39, 0.29) is 38.7 Å². The Bertz CT molecular complexity index is 1060. The molecule has 0 aliphatic heterocycles. The lowest BCUT2D eigenvalue weighted by Gasteiger charge is -2.15. The van der Waals surface area contributed by atoms with Crippen LogP contribution >= 0.6 is 15.9 Å². The van der Waals surface area contributed by atoms with Gasteiger partial charge in [-0.15, -0.1) is 0 Å². The van der Waals surface area contributed by atoms with E-state index in [4.69, 9.17) is 14.2 Å². The lowest BCUT2D eigenvalue weighted by atomic mass is 10.1. The number of benzene rings is 2. The van der Waals surface area contributed by atoms with Crippen molar-refractivity contribution in [2.75, 3.05) is 6.61 Å². The average molecular weight is 455 g/mol. The van der Waals surface area contributed by atoms with Crippen molar-refractivity contribution in [3.05, 3.63) is 55.5 Å². The van der Waals surface area contributed by atoms with E-state index in [2.05, 4.69) is 15.9 Å². The van der Waals surface area contributed by atoms with Gasteiger partial charge >= 0.3 is 10.1 Å². The van der Waals surface area contributed by atoms with Gasteiger partial charge in [0.15, 0.2) is 11.5 Å². The maximum absolute atomic E-state index is 12.8. The van der Waals surface area contributed by atoms with Crippen LogP contribution in [0, 0.1) is 35.3 Å². The Kier molecular flexibility index (Phi) is 6.08. The van der Waals surface area contributed by atoms with Gasteiger partial charge in [-0.1, -0.05) is 0 Å². The summed E-state index contributed by atoms with van der Waals surface area (Å²) in [5.74, 6) is -0.0776. The van der Waals surface area contributed by atoms with E-state index >= 15 is 0 Å². The lowest BCUT2D eigenvalue weighted by molar-refractivity contribution is -0.385. The zero-order chi connectivity index (χ0) is 20.4. The summed E-state index contributed by atoms with van der Waals surface area (Å²) in [7, 11) is -4.40. The molecule has 2 aromatic rings. The molecule has 0 heterocycles. The molecule has 142 valence electrons. The van der Waals surface area contributed by atoms with Crippen molar-refractivity contribution >= 4 is 31.7 Å². The first-order valence-corrected chi connectivity index (χ1v) is 9.87. The van der Waals surface area contributed by atoms with Crippen LogP contribution in [0.15, 0.2) is 33.6 Å². The number of ether oxygens (including phenoxy) is 1. The first kappa shape index (κ1) is 20.7. The zero-order valence-electron chi connectivity index (χ0n) is 14.6. The Hall–Kier alpha value is -2.64. The average Bonchev–Trinajstić information content (AvgIpc) is 2.59. The van der Waals surface area contributed by atoms with Crippen LogP contribution in [0.25, 0.3) is 0 Å². The SMILES string of the molecule is CCOc1cc(C#N)cc(Br)c1OS(=O)(=O)c1cc([N+](=O)[O-])cc(C)c1C. The number of hydrogen-bond acceptors (Lipinski definition) is 7. The van der Waals surface area contributed by atoms with Crippen LogP contribution in [0.2, 0.25) is 0 Å². The molecule has 0 bridgehead atoms. The highest BCUT2D eigenvalue weighted by Gasteiger charge is 2.27. The van der Waals surface area contributed by atoms with E-state index in [1.165, 1.54) is 25.1 Å². The number of nitro benzene ring substituents is 1. The molecule has 10 heteroatoms. The third kappa shape index (κ3) is 4.37. The maximum Gasteiger partial charge on any atom is 0.339 e. The number of hydrogen-bond donors (Lipinski definition) is 0. The molecule has 0 spiro atoms. The molecule has 0 radical (unpaired) electrons. The largest absolute Gasteiger partial charge is 0.490 e. The Balaban J connectivity index is 2.61. The van der Waals surface area contributed by atoms with Crippen molar-refractivity contribution in [3.8, 4) is 17.6 Å². The molecule has 0 fully saturated rings. The number of rotatable bonds is 6. The van der Waals surface area contributed by atoms with Gasteiger partial charge in [-0.05, 0) is 53.9 Å². The summed E-state index contributed by atoms with van der Waals surface area (Å²) >= 11 is 3.18. The third-order valence-corrected chi connectivity index (χ3v) is 5.65. The molecular formula is C17H15BrN2O6S. The summed E-state index contributed by atoms with van der Waals surface area (Å²) in [6.45, 7) is 5.02. The third-order valence-electron chi connectivity index (χ3n) is 3.72. The second kappa shape index (κ2) is 7.94. The van der Waals surface area contributed by atoms with Crippen molar-refractivity contribution in [2.45, 2.75) is 25.7 Å². The van der Waals surface area contributed by atoms with Gasteiger partial charge in [-0.2, -0.15) is 13.7 Å². The van der Waals surface area contributed by atoms with Crippen molar-refractivity contribution in [1.82, 2.24) is 0 Å². The monoisotopic (exact) mass is 454 g/mol. The van der Waals surface area contributed by atoms with Gasteiger partial charge in [0.25, 0.3) is 5.69 Å². The van der Waals surface area contributed by atoms with Crippen LogP contribution in [0.1, 0.15) is 23.6 Å². The van der Waals surface area contributed by atoms with Crippen LogP contribution in [0.4, 0.5) is 5.69 Å². The molecule has 0 aliphatic carbocycles. The summed E-state index contributed by atoms with van der Waals surface area (Å²) in [6.07, 6.45) is 0. The summed E-state index contributed by atoms with van der Waals surface area (Å²) in [5.41, 5.74) is 0.667. The van der Waals surface area contributed by atoms with E-state index in [1.807, 2.05) is 6.07 Å². The van der Waals surface area contributed by atoms with Crippen LogP contribution in [0.5, 0.6) is 11.5 Å². The van der Waals surface area contributed by atoms with Gasteiger partial charge in [0.1, 0.15) is 4.90 Å². The van der Waals surface area contributed by atoms with Crippen molar-refractivity contribution < 1.29 is 22.3 Å². The van der Waals surface area contributed by atoms with Gasteiger partial charge in [0.05, 0.1) is 27.6 Å². The number of nitrogens with zero attached hydrogens (tertiary/aromatic N) is 2. The van der Waals surface area contributed by atoms with E-state index in [9.17, 15) is 18.5 Å². The molecule has 0 unspecified atom stereocenters. The molecule has 0 amide bonds. The van der Waals surface area contributed by atoms with Crippen molar-refractivity contribution in [3.63, 3.8) is 0 Å². The van der Waals surface area contributed by atoms with Gasteiger partial charge in [-0.3, -0.25) is 10.1 Å². The predicted molar refractivity (Wildman–Crippen MR) is 100 cm³/mol. The summed E-state index contributed by atoms with van der Waals surface area (Å²) in [4.78, 5) is 10.1. The van der Waals surface area contributed by atoms with Gasteiger partial charge < -0.3 is 8.92 Å². The van der Waals surface area contributed by atoms with Crippen LogP contribution in [0.3, 0.4) is 0 Å². The summed E-state index contributed by atoms with van der Waals surface area (Å²) < 4.78 is 36.5. The lowest BCUT2D eigenvalue weighted by Crippen LogP contribution is -2.14. The standard InChI is InChI=1S/C17H15BrN2O6S/c1-4-25-15-7-12(9-19)6-14(18)17(15)26-27(23,24)16-8-13(20(21)22)5-10(2)11(16)3/h5-8H,4H2,1-3H3. The minimum absolute atomic E-state index is 0.0619. The Labute approximate surface area is 164 Å². The topological polar surface area (TPSA) is 120 Å². The summed E-state index contributed by atoms with van der Waals surface area (Å²) in [5, 5.41) is 20.1. The zero-order valence-corrected chi connectivity index (χ0v) is 17.0. The molecule has 27 heavy (non-hydrogen) atoms. The van der Waals surface area contributed by atoms with E-state index < -0.39 is 15.0 Å². The molecule has 0 saturated heterocycles. The molecule has 8 nitrogen and oxygen atoms in total. The van der Waals surface area contributed by atoms with Gasteiger partial charge in [-0.25, -0.2) is 0 Å². The minimum atomic E-state index is -4.40. The number of aryl methyl sites for hydroxylation is 1. The Morgan fingerprint density at radius 2 is 1.93 bits per heavy atom. The first-order valence-electron chi connectivity index (χ1n) is 7.67. The Morgan fingerprint density at radius 1 is 1.26 bits per heavy atom. The summed E-state index contributed by atoms with van der Waals surface area (Å²) in [6, 6.07) is 6.92. The number of non-ortho nitro benzene ring substituents is 1. The highest BCUT2D eigenvalue weighted by Crippen LogP contribution is 2.39. The van der Waals surface area contributed by atoms with Crippen LogP contribution < -0.4 is 8.92 Å². The van der Waals surface area contributed by atoms with Crippen molar-refractivity contribution in [2.24, 2.45) is 0 Å². The van der Waals surface area contributed by atoms with E-state index in [1.54, 1.807) is 13.8 Å².